The molecule has 3 amide bonds. The minimum absolute atomic E-state index is 0.104. The van der Waals surface area contributed by atoms with E-state index < -0.39 is 46.7 Å². The number of anilines is 1. The van der Waals surface area contributed by atoms with Crippen molar-refractivity contribution >= 4 is 40.6 Å². The van der Waals surface area contributed by atoms with Gasteiger partial charge >= 0.3 is 0 Å². The van der Waals surface area contributed by atoms with Crippen molar-refractivity contribution in [2.75, 3.05) is 19.0 Å². The van der Waals surface area contributed by atoms with Crippen LogP contribution in [0.25, 0.3) is 6.08 Å². The van der Waals surface area contributed by atoms with Gasteiger partial charge in [0, 0.05) is 0 Å². The summed E-state index contributed by atoms with van der Waals surface area (Å²) in [5.74, 6) is -5.74. The first-order valence-electron chi connectivity index (χ1n) is 8.13. The maximum Gasteiger partial charge on any atom is 0.294 e. The molecule has 10 heteroatoms. The van der Waals surface area contributed by atoms with Gasteiger partial charge in [-0.2, -0.15) is 0 Å². The molecular weight excluding hydrogens is 409 g/mol. The highest BCUT2D eigenvalue weighted by atomic mass is 32.2. The van der Waals surface area contributed by atoms with Gasteiger partial charge in [-0.3, -0.25) is 19.3 Å². The quantitative estimate of drug-likeness (QED) is 0.586. The molecule has 3 rings (SSSR count). The van der Waals surface area contributed by atoms with Crippen molar-refractivity contribution < 1.29 is 32.3 Å². The summed E-state index contributed by atoms with van der Waals surface area (Å²) in [5.41, 5.74) is 0.0410. The van der Waals surface area contributed by atoms with Crippen LogP contribution in [0.1, 0.15) is 5.56 Å². The average molecular weight is 422 g/mol. The molecule has 1 fully saturated rings. The van der Waals surface area contributed by atoms with Gasteiger partial charge < -0.3 is 10.1 Å². The summed E-state index contributed by atoms with van der Waals surface area (Å²) in [6, 6.07) is 8.21. The number of thioether (sulfide) groups is 1. The van der Waals surface area contributed by atoms with E-state index >= 15 is 0 Å². The van der Waals surface area contributed by atoms with E-state index in [9.17, 15) is 27.6 Å². The molecule has 0 saturated carbocycles. The second-order valence-corrected chi connectivity index (χ2v) is 6.81. The van der Waals surface area contributed by atoms with Crippen LogP contribution in [0.3, 0.4) is 0 Å². The van der Waals surface area contributed by atoms with Gasteiger partial charge in [0.25, 0.3) is 11.1 Å². The second-order valence-electron chi connectivity index (χ2n) is 5.81. The number of nitrogens with zero attached hydrogens (tertiary/aromatic N) is 1. The lowest BCUT2D eigenvalue weighted by Gasteiger charge is -2.13. The number of halogens is 3. The lowest BCUT2D eigenvalue weighted by Crippen LogP contribution is -2.36. The van der Waals surface area contributed by atoms with Crippen LogP contribution in [0.4, 0.5) is 23.7 Å². The maximum absolute atomic E-state index is 13.6. The third-order valence-corrected chi connectivity index (χ3v) is 4.81. The molecule has 0 aliphatic carbocycles. The fourth-order valence-corrected chi connectivity index (χ4v) is 3.28. The van der Waals surface area contributed by atoms with Crippen molar-refractivity contribution in [3.63, 3.8) is 0 Å². The van der Waals surface area contributed by atoms with Crippen molar-refractivity contribution in [3.05, 3.63) is 64.3 Å². The summed E-state index contributed by atoms with van der Waals surface area (Å²) in [5, 5.41) is 1.33. The SMILES string of the molecule is COc1ccc(/C=C2/SC(=O)N(CC(=O)Nc3ccc(F)c(F)c3F)C2=O)cc1. The Morgan fingerprint density at radius 2 is 1.79 bits per heavy atom. The van der Waals surface area contributed by atoms with Gasteiger partial charge in [-0.25, -0.2) is 13.2 Å². The fraction of sp³-hybridized carbons (Fsp3) is 0.105. The molecule has 1 saturated heterocycles. The number of hydrogen-bond acceptors (Lipinski definition) is 5. The molecule has 0 radical (unpaired) electrons. The Bertz CT molecular complexity index is 1020. The van der Waals surface area contributed by atoms with E-state index in [1.54, 1.807) is 24.3 Å². The lowest BCUT2D eigenvalue weighted by molar-refractivity contribution is -0.127. The monoisotopic (exact) mass is 422 g/mol. The predicted octanol–water partition coefficient (Wildman–Crippen LogP) is 3.79. The maximum atomic E-state index is 13.6. The zero-order valence-electron chi connectivity index (χ0n) is 14.9. The minimum atomic E-state index is -1.74. The molecule has 2 aromatic rings. The molecule has 0 unspecified atom stereocenters. The van der Waals surface area contributed by atoms with E-state index in [4.69, 9.17) is 4.74 Å². The Morgan fingerprint density at radius 1 is 1.10 bits per heavy atom. The Kier molecular flexibility index (Phi) is 5.92. The molecule has 6 nitrogen and oxygen atoms in total. The molecule has 1 heterocycles. The molecular formula is C19H13F3N2O4S. The second kappa shape index (κ2) is 8.39. The van der Waals surface area contributed by atoms with E-state index in [-0.39, 0.29) is 4.91 Å². The van der Waals surface area contributed by atoms with E-state index in [1.165, 1.54) is 13.2 Å². The summed E-state index contributed by atoms with van der Waals surface area (Å²) in [6.07, 6.45) is 1.48. The van der Waals surface area contributed by atoms with Crippen LogP contribution < -0.4 is 10.1 Å². The van der Waals surface area contributed by atoms with Crippen molar-refractivity contribution in [2.45, 2.75) is 0 Å². The highest BCUT2D eigenvalue weighted by Gasteiger charge is 2.36. The number of imide groups is 1. The van der Waals surface area contributed by atoms with Gasteiger partial charge in [-0.15, -0.1) is 0 Å². The van der Waals surface area contributed by atoms with Crippen molar-refractivity contribution in [3.8, 4) is 5.75 Å². The van der Waals surface area contributed by atoms with Gasteiger partial charge in [0.1, 0.15) is 12.3 Å². The first-order chi connectivity index (χ1) is 13.8. The third kappa shape index (κ3) is 4.43. The predicted molar refractivity (Wildman–Crippen MR) is 101 cm³/mol. The number of methoxy groups -OCH3 is 1. The molecule has 0 atom stereocenters. The van der Waals surface area contributed by atoms with Crippen molar-refractivity contribution in [1.82, 2.24) is 4.90 Å². The topological polar surface area (TPSA) is 75.7 Å². The molecule has 0 aromatic heterocycles. The van der Waals surface area contributed by atoms with Gasteiger partial charge in [0.2, 0.25) is 5.91 Å². The smallest absolute Gasteiger partial charge is 0.294 e. The molecule has 0 spiro atoms. The van der Waals surface area contributed by atoms with Crippen LogP contribution in [-0.2, 0) is 9.59 Å². The summed E-state index contributed by atoms with van der Waals surface area (Å²) in [7, 11) is 1.51. The zero-order chi connectivity index (χ0) is 21.1. The number of rotatable bonds is 5. The first-order valence-corrected chi connectivity index (χ1v) is 8.94. The lowest BCUT2D eigenvalue weighted by atomic mass is 10.2. The van der Waals surface area contributed by atoms with Crippen LogP contribution in [0.5, 0.6) is 5.75 Å². The number of benzene rings is 2. The van der Waals surface area contributed by atoms with Crippen LogP contribution in [-0.4, -0.2) is 35.6 Å². The minimum Gasteiger partial charge on any atom is -0.497 e. The number of amides is 3. The Balaban J connectivity index is 1.70. The summed E-state index contributed by atoms with van der Waals surface area (Å²) >= 11 is 0.646. The molecule has 2 aromatic carbocycles. The Hall–Kier alpha value is -3.27. The third-order valence-electron chi connectivity index (χ3n) is 3.90. The largest absolute Gasteiger partial charge is 0.497 e. The fourth-order valence-electron chi connectivity index (χ4n) is 2.44. The van der Waals surface area contributed by atoms with Crippen LogP contribution in [0.2, 0.25) is 0 Å². The Labute approximate surface area is 167 Å². The number of hydrogen-bond donors (Lipinski definition) is 1. The number of nitrogens with one attached hydrogen (secondary N) is 1. The van der Waals surface area contributed by atoms with Gasteiger partial charge in [0.05, 0.1) is 17.7 Å². The molecule has 1 aliphatic rings. The molecule has 1 N–H and O–H groups in total. The van der Waals surface area contributed by atoms with Crippen LogP contribution >= 0.6 is 11.8 Å². The molecule has 1 aliphatic heterocycles. The highest BCUT2D eigenvalue weighted by Crippen LogP contribution is 2.32. The van der Waals surface area contributed by atoms with Gasteiger partial charge in [-0.1, -0.05) is 12.1 Å². The number of ether oxygens (including phenoxy) is 1. The summed E-state index contributed by atoms with van der Waals surface area (Å²) in [6.45, 7) is -0.705. The molecule has 150 valence electrons. The normalized spacial score (nSPS) is 15.2. The van der Waals surface area contributed by atoms with E-state index in [0.717, 1.165) is 6.07 Å². The zero-order valence-corrected chi connectivity index (χ0v) is 15.7. The Morgan fingerprint density at radius 3 is 2.45 bits per heavy atom. The van der Waals surface area contributed by atoms with Crippen molar-refractivity contribution in [1.29, 1.82) is 0 Å². The summed E-state index contributed by atoms with van der Waals surface area (Å²) < 4.78 is 44.9. The summed E-state index contributed by atoms with van der Waals surface area (Å²) in [4.78, 5) is 37.3. The van der Waals surface area contributed by atoms with Crippen molar-refractivity contribution in [2.24, 2.45) is 0 Å². The van der Waals surface area contributed by atoms with Crippen LogP contribution in [0.15, 0.2) is 41.3 Å². The van der Waals surface area contributed by atoms with E-state index in [1.807, 2.05) is 5.32 Å². The molecule has 29 heavy (non-hydrogen) atoms. The average Bonchev–Trinajstić information content (AvgIpc) is 2.96. The first kappa shape index (κ1) is 20.5. The molecule has 0 bridgehead atoms. The number of carbonyl (C=O) groups excluding carboxylic acids is 3. The van der Waals surface area contributed by atoms with Crippen LogP contribution in [0, 0.1) is 17.5 Å². The van der Waals surface area contributed by atoms with Gasteiger partial charge in [0.15, 0.2) is 17.5 Å². The highest BCUT2D eigenvalue weighted by molar-refractivity contribution is 8.18. The van der Waals surface area contributed by atoms with E-state index in [0.29, 0.717) is 34.0 Å². The standard InChI is InChI=1S/C19H13F3N2O4S/c1-28-11-4-2-10(3-5-11)8-14-18(26)24(19(27)29-14)9-15(25)23-13-7-6-12(20)16(21)17(13)22/h2-8H,9H2,1H3,(H,23,25)/b14-8+. The van der Waals surface area contributed by atoms with E-state index in [2.05, 4.69) is 0 Å². The number of carbonyl (C=O) groups is 3. The van der Waals surface area contributed by atoms with Gasteiger partial charge in [-0.05, 0) is 47.7 Å².